The zero-order valence-electron chi connectivity index (χ0n) is 11.2. The second kappa shape index (κ2) is 4.46. The van der Waals surface area contributed by atoms with Crippen molar-refractivity contribution in [2.24, 2.45) is 0 Å². The van der Waals surface area contributed by atoms with Crippen molar-refractivity contribution in [1.82, 2.24) is 10.3 Å². The van der Waals surface area contributed by atoms with Gasteiger partial charge in [0.2, 0.25) is 0 Å². The molecule has 2 fully saturated rings. The molecule has 1 aliphatic heterocycles. The van der Waals surface area contributed by atoms with Gasteiger partial charge in [0.05, 0.1) is 5.69 Å². The molecule has 1 aliphatic carbocycles. The third kappa shape index (κ3) is 2.19. The Kier molecular flexibility index (Phi) is 2.94. The monoisotopic (exact) mass is 244 g/mol. The molecule has 0 aromatic carbocycles. The normalized spacial score (nSPS) is 24.3. The van der Waals surface area contributed by atoms with Crippen molar-refractivity contribution in [2.45, 2.75) is 31.7 Å². The number of hydrogen-bond acceptors (Lipinski definition) is 4. The quantitative estimate of drug-likeness (QED) is 0.695. The van der Waals surface area contributed by atoms with Crippen molar-refractivity contribution in [3.05, 3.63) is 11.8 Å². The van der Waals surface area contributed by atoms with Gasteiger partial charge in [0.15, 0.2) is 5.82 Å². The van der Waals surface area contributed by atoms with Crippen LogP contribution in [0.3, 0.4) is 0 Å². The number of nitrogens with one attached hydrogen (secondary N) is 1. The van der Waals surface area contributed by atoms with E-state index < -0.39 is 0 Å². The van der Waals surface area contributed by atoms with Crippen LogP contribution in [0.4, 0.5) is 11.5 Å². The van der Waals surface area contributed by atoms with E-state index in [9.17, 15) is 0 Å². The van der Waals surface area contributed by atoms with Crippen LogP contribution in [-0.2, 0) is 0 Å². The molecule has 2 aliphatic rings. The van der Waals surface area contributed by atoms with Gasteiger partial charge in [-0.3, -0.25) is 0 Å². The van der Waals surface area contributed by atoms with Crippen molar-refractivity contribution >= 4 is 24.8 Å². The van der Waals surface area contributed by atoms with Gasteiger partial charge in [-0.05, 0) is 25.8 Å². The first kappa shape index (κ1) is 11.8. The molecule has 0 amide bonds. The number of anilines is 2. The molecule has 96 valence electrons. The van der Waals surface area contributed by atoms with E-state index in [1.54, 1.807) is 0 Å². The average Bonchev–Trinajstić information content (AvgIpc) is 3.13. The Morgan fingerprint density at radius 2 is 2.28 bits per heavy atom. The first-order valence-corrected chi connectivity index (χ1v) is 6.90. The highest BCUT2D eigenvalue weighted by Gasteiger charge is 2.28. The Bertz CT molecular complexity index is 459. The summed E-state index contributed by atoms with van der Waals surface area (Å²) in [6, 6.07) is 2.61. The van der Waals surface area contributed by atoms with E-state index in [-0.39, 0.29) is 0 Å². The number of nitrogens with zero attached hydrogens (tertiary/aromatic N) is 2. The molecule has 1 aromatic rings. The SMILES string of the molecule is Bc1cc(N)c(N2CCNC(C)C2)nc1C1CC1. The van der Waals surface area contributed by atoms with Gasteiger partial charge >= 0.3 is 0 Å². The minimum atomic E-state index is 0.505. The van der Waals surface area contributed by atoms with E-state index in [2.05, 4.69) is 31.1 Å². The van der Waals surface area contributed by atoms with E-state index in [0.717, 1.165) is 31.1 Å². The van der Waals surface area contributed by atoms with Gasteiger partial charge in [0.25, 0.3) is 0 Å². The zero-order valence-corrected chi connectivity index (χ0v) is 11.2. The van der Waals surface area contributed by atoms with Crippen LogP contribution in [0, 0.1) is 0 Å². The molecule has 0 spiro atoms. The number of aromatic nitrogens is 1. The minimum Gasteiger partial charge on any atom is -0.396 e. The molecule has 4 nitrogen and oxygen atoms in total. The van der Waals surface area contributed by atoms with Gasteiger partial charge in [-0.15, -0.1) is 0 Å². The standard InChI is InChI=1S/C13H21BN4/c1-8-7-18(5-4-16-8)13-11(15)6-10(14)12(17-13)9-2-3-9/h6,8-9,16H,2-5,7,14-15H2,1H3. The van der Waals surface area contributed by atoms with Crippen LogP contribution in [0.5, 0.6) is 0 Å². The molecule has 1 saturated heterocycles. The van der Waals surface area contributed by atoms with Crippen LogP contribution >= 0.6 is 0 Å². The first-order chi connectivity index (χ1) is 8.65. The van der Waals surface area contributed by atoms with Crippen molar-refractivity contribution in [1.29, 1.82) is 0 Å². The summed E-state index contributed by atoms with van der Waals surface area (Å²) in [5.41, 5.74) is 9.51. The summed E-state index contributed by atoms with van der Waals surface area (Å²) in [7, 11) is 2.13. The highest BCUT2D eigenvalue weighted by molar-refractivity contribution is 6.33. The van der Waals surface area contributed by atoms with E-state index in [1.165, 1.54) is 24.0 Å². The predicted octanol–water partition coefficient (Wildman–Crippen LogP) is -0.402. The van der Waals surface area contributed by atoms with Crippen LogP contribution in [0.15, 0.2) is 6.07 Å². The number of pyridine rings is 1. The molecular weight excluding hydrogens is 223 g/mol. The van der Waals surface area contributed by atoms with Crippen LogP contribution in [0.25, 0.3) is 0 Å². The summed E-state index contributed by atoms with van der Waals surface area (Å²) in [5.74, 6) is 1.68. The number of piperazine rings is 1. The molecule has 3 N–H and O–H groups in total. The van der Waals surface area contributed by atoms with Crippen molar-refractivity contribution < 1.29 is 0 Å². The maximum Gasteiger partial charge on any atom is 0.152 e. The third-order valence-corrected chi connectivity index (χ3v) is 3.89. The number of nitrogen functional groups attached to an aromatic ring is 1. The lowest BCUT2D eigenvalue weighted by atomic mass is 9.91. The van der Waals surface area contributed by atoms with Crippen molar-refractivity contribution in [2.75, 3.05) is 30.3 Å². The maximum atomic E-state index is 6.16. The number of hydrogen-bond donors (Lipinski definition) is 2. The Morgan fingerprint density at radius 3 is 2.94 bits per heavy atom. The molecule has 18 heavy (non-hydrogen) atoms. The fourth-order valence-electron chi connectivity index (χ4n) is 2.79. The second-order valence-corrected chi connectivity index (χ2v) is 5.68. The number of rotatable bonds is 2. The topological polar surface area (TPSA) is 54.2 Å². The highest BCUT2D eigenvalue weighted by Crippen LogP contribution is 2.39. The Balaban J connectivity index is 1.92. The maximum absolute atomic E-state index is 6.16. The molecule has 0 bridgehead atoms. The van der Waals surface area contributed by atoms with Gasteiger partial charge in [-0.25, -0.2) is 4.98 Å². The summed E-state index contributed by atoms with van der Waals surface area (Å²) in [6.45, 7) is 5.20. The third-order valence-electron chi connectivity index (χ3n) is 3.89. The first-order valence-electron chi connectivity index (χ1n) is 6.90. The lowest BCUT2D eigenvalue weighted by Gasteiger charge is -2.33. The molecule has 1 atom stereocenters. The van der Waals surface area contributed by atoms with E-state index >= 15 is 0 Å². The van der Waals surface area contributed by atoms with Gasteiger partial charge < -0.3 is 16.0 Å². The van der Waals surface area contributed by atoms with Crippen LogP contribution in [0.2, 0.25) is 0 Å². The van der Waals surface area contributed by atoms with Gasteiger partial charge in [0, 0.05) is 37.3 Å². The lowest BCUT2D eigenvalue weighted by Crippen LogP contribution is -2.49. The van der Waals surface area contributed by atoms with Gasteiger partial charge in [-0.2, -0.15) is 0 Å². The molecule has 1 unspecified atom stereocenters. The molecular formula is C13H21BN4. The van der Waals surface area contributed by atoms with Crippen molar-refractivity contribution in [3.63, 3.8) is 0 Å². The molecule has 2 heterocycles. The minimum absolute atomic E-state index is 0.505. The van der Waals surface area contributed by atoms with Gasteiger partial charge in [0.1, 0.15) is 7.85 Å². The summed E-state index contributed by atoms with van der Waals surface area (Å²) < 4.78 is 0. The molecule has 1 aromatic heterocycles. The fourth-order valence-corrected chi connectivity index (χ4v) is 2.79. The molecule has 5 heteroatoms. The van der Waals surface area contributed by atoms with Gasteiger partial charge in [-0.1, -0.05) is 5.46 Å². The largest absolute Gasteiger partial charge is 0.396 e. The highest BCUT2D eigenvalue weighted by atomic mass is 15.2. The summed E-state index contributed by atoms with van der Waals surface area (Å²) in [6.07, 6.45) is 2.57. The fraction of sp³-hybridized carbons (Fsp3) is 0.615. The van der Waals surface area contributed by atoms with Crippen molar-refractivity contribution in [3.8, 4) is 0 Å². The smallest absolute Gasteiger partial charge is 0.152 e. The lowest BCUT2D eigenvalue weighted by molar-refractivity contribution is 0.482. The molecule has 1 saturated carbocycles. The average molecular weight is 244 g/mol. The Labute approximate surface area is 109 Å². The summed E-state index contributed by atoms with van der Waals surface area (Å²) in [4.78, 5) is 7.19. The molecule has 3 rings (SSSR count). The van der Waals surface area contributed by atoms with Crippen LogP contribution < -0.4 is 21.4 Å². The summed E-state index contributed by atoms with van der Waals surface area (Å²) >= 11 is 0. The van der Waals surface area contributed by atoms with E-state index in [4.69, 9.17) is 10.7 Å². The van der Waals surface area contributed by atoms with E-state index in [1.807, 2.05) is 0 Å². The van der Waals surface area contributed by atoms with Crippen LogP contribution in [0.1, 0.15) is 31.4 Å². The molecule has 0 radical (unpaired) electrons. The zero-order chi connectivity index (χ0) is 12.7. The second-order valence-electron chi connectivity index (χ2n) is 5.68. The Morgan fingerprint density at radius 1 is 1.50 bits per heavy atom. The predicted molar refractivity (Wildman–Crippen MR) is 78.5 cm³/mol. The summed E-state index contributed by atoms with van der Waals surface area (Å²) in [5, 5.41) is 3.45. The van der Waals surface area contributed by atoms with E-state index in [0.29, 0.717) is 12.0 Å². The Hall–Kier alpha value is -1.23. The number of nitrogens with two attached hydrogens (primary N) is 1. The van der Waals surface area contributed by atoms with Crippen LogP contribution in [-0.4, -0.2) is 38.5 Å².